The van der Waals surface area contributed by atoms with Crippen molar-refractivity contribution in [2.24, 2.45) is 0 Å². The van der Waals surface area contributed by atoms with Gasteiger partial charge in [0.15, 0.2) is 0 Å². The van der Waals surface area contributed by atoms with E-state index in [1.54, 1.807) is 0 Å². The van der Waals surface area contributed by atoms with Gasteiger partial charge in [-0.1, -0.05) is 29.8 Å². The molecule has 1 heterocycles. The highest BCUT2D eigenvalue weighted by atomic mass is 16.2. The highest BCUT2D eigenvalue weighted by Gasteiger charge is 2.24. The van der Waals surface area contributed by atoms with Crippen molar-refractivity contribution in [3.63, 3.8) is 0 Å². The second-order valence-electron chi connectivity index (χ2n) is 4.99. The van der Waals surface area contributed by atoms with Crippen LogP contribution in [0.2, 0.25) is 0 Å². The molecule has 1 amide bonds. The van der Waals surface area contributed by atoms with Gasteiger partial charge in [0.25, 0.3) is 5.91 Å². The highest BCUT2D eigenvalue weighted by molar-refractivity contribution is 6.31. The van der Waals surface area contributed by atoms with Crippen molar-refractivity contribution in [1.29, 1.82) is 0 Å². The number of carbonyl (C=O) groups is 1. The molecule has 100 valence electrons. The van der Waals surface area contributed by atoms with Crippen molar-refractivity contribution < 1.29 is 4.79 Å². The summed E-state index contributed by atoms with van der Waals surface area (Å²) in [6.07, 6.45) is 1.88. The van der Waals surface area contributed by atoms with E-state index < -0.39 is 0 Å². The van der Waals surface area contributed by atoms with Crippen molar-refractivity contribution in [1.82, 2.24) is 0 Å². The first-order valence-electron chi connectivity index (χ1n) is 6.57. The minimum atomic E-state index is -0.0478. The Morgan fingerprint density at radius 1 is 1.10 bits per heavy atom. The molecule has 2 aromatic rings. The van der Waals surface area contributed by atoms with Gasteiger partial charge in [0, 0.05) is 30.2 Å². The first-order valence-corrected chi connectivity index (χ1v) is 6.57. The summed E-state index contributed by atoms with van der Waals surface area (Å²) in [4.78, 5) is 14.1. The molecule has 1 N–H and O–H groups in total. The smallest absolute Gasteiger partial charge is 0.257 e. The Labute approximate surface area is 118 Å². The fraction of sp³-hybridized carbons (Fsp3) is 0.118. The van der Waals surface area contributed by atoms with Gasteiger partial charge in [-0.15, -0.1) is 0 Å². The summed E-state index contributed by atoms with van der Waals surface area (Å²) in [7, 11) is 1.95. The average molecular weight is 264 g/mol. The molecule has 0 fully saturated rings. The molecular weight excluding hydrogens is 248 g/mol. The van der Waals surface area contributed by atoms with E-state index in [9.17, 15) is 4.79 Å². The molecule has 1 aliphatic rings. The molecule has 0 aromatic heterocycles. The summed E-state index contributed by atoms with van der Waals surface area (Å²) >= 11 is 0. The second kappa shape index (κ2) is 4.85. The van der Waals surface area contributed by atoms with Gasteiger partial charge in [0.05, 0.1) is 5.57 Å². The van der Waals surface area contributed by atoms with E-state index in [0.717, 1.165) is 22.5 Å². The lowest BCUT2D eigenvalue weighted by molar-refractivity contribution is -0.110. The van der Waals surface area contributed by atoms with Crippen molar-refractivity contribution in [2.75, 3.05) is 17.3 Å². The molecular formula is C17H16N2O. The summed E-state index contributed by atoms with van der Waals surface area (Å²) in [5.74, 6) is -0.0478. The van der Waals surface area contributed by atoms with Gasteiger partial charge < -0.3 is 10.2 Å². The molecule has 1 aliphatic heterocycles. The molecule has 0 aliphatic carbocycles. The fourth-order valence-corrected chi connectivity index (χ4v) is 2.36. The number of rotatable bonds is 2. The molecule has 0 atom stereocenters. The normalized spacial score (nSPS) is 15.1. The van der Waals surface area contributed by atoms with E-state index in [1.807, 2.05) is 73.6 Å². The standard InChI is InChI=1S/C17H16N2O/c1-12-8-9-16-14(10-12)15(17(20)18-16)11-19(2)13-6-4-3-5-7-13/h3-11H,1-2H3,(H,18,20)/b15-11+. The van der Waals surface area contributed by atoms with Gasteiger partial charge in [-0.2, -0.15) is 0 Å². The Hall–Kier alpha value is -2.55. The number of nitrogens with zero attached hydrogens (tertiary/aromatic N) is 1. The number of anilines is 2. The molecule has 0 radical (unpaired) electrons. The Morgan fingerprint density at radius 3 is 2.60 bits per heavy atom. The van der Waals surface area contributed by atoms with Crippen LogP contribution in [-0.2, 0) is 4.79 Å². The van der Waals surface area contributed by atoms with E-state index in [2.05, 4.69) is 5.32 Å². The third-order valence-electron chi connectivity index (χ3n) is 3.44. The van der Waals surface area contributed by atoms with Crippen LogP contribution in [-0.4, -0.2) is 13.0 Å². The second-order valence-corrected chi connectivity index (χ2v) is 4.99. The van der Waals surface area contributed by atoms with Crippen LogP contribution in [0.1, 0.15) is 11.1 Å². The van der Waals surface area contributed by atoms with E-state index in [1.165, 1.54) is 0 Å². The molecule has 0 saturated heterocycles. The Balaban J connectivity index is 2.01. The number of amides is 1. The first-order chi connectivity index (χ1) is 9.65. The molecule has 0 spiro atoms. The van der Waals surface area contributed by atoms with Crippen LogP contribution < -0.4 is 10.2 Å². The van der Waals surface area contributed by atoms with Crippen molar-refractivity contribution in [3.05, 3.63) is 65.9 Å². The molecule has 2 aromatic carbocycles. The van der Waals surface area contributed by atoms with Crippen LogP contribution in [0, 0.1) is 6.92 Å². The molecule has 3 rings (SSSR count). The zero-order valence-electron chi connectivity index (χ0n) is 11.6. The van der Waals surface area contributed by atoms with Crippen LogP contribution in [0.25, 0.3) is 5.57 Å². The lowest BCUT2D eigenvalue weighted by Crippen LogP contribution is -2.12. The number of hydrogen-bond donors (Lipinski definition) is 1. The Morgan fingerprint density at radius 2 is 1.85 bits per heavy atom. The average Bonchev–Trinajstić information content (AvgIpc) is 2.76. The number of hydrogen-bond acceptors (Lipinski definition) is 2. The first kappa shape index (κ1) is 12.5. The van der Waals surface area contributed by atoms with Gasteiger partial charge in [-0.05, 0) is 31.2 Å². The van der Waals surface area contributed by atoms with Gasteiger partial charge in [-0.25, -0.2) is 0 Å². The molecule has 0 bridgehead atoms. The molecule has 20 heavy (non-hydrogen) atoms. The zero-order chi connectivity index (χ0) is 14.1. The maximum Gasteiger partial charge on any atom is 0.257 e. The number of nitrogens with one attached hydrogen (secondary N) is 1. The maximum atomic E-state index is 12.1. The third-order valence-corrected chi connectivity index (χ3v) is 3.44. The van der Waals surface area contributed by atoms with Crippen LogP contribution in [0.4, 0.5) is 11.4 Å². The van der Waals surface area contributed by atoms with Gasteiger partial charge in [0.1, 0.15) is 0 Å². The minimum absolute atomic E-state index is 0.0478. The van der Waals surface area contributed by atoms with Crippen LogP contribution in [0.15, 0.2) is 54.7 Å². The summed E-state index contributed by atoms with van der Waals surface area (Å²) < 4.78 is 0. The quantitative estimate of drug-likeness (QED) is 0.843. The number of aryl methyl sites for hydroxylation is 1. The zero-order valence-corrected chi connectivity index (χ0v) is 11.6. The Kier molecular flexibility index (Phi) is 3.03. The molecule has 3 nitrogen and oxygen atoms in total. The lowest BCUT2D eigenvalue weighted by Gasteiger charge is -2.15. The maximum absolute atomic E-state index is 12.1. The summed E-state index contributed by atoms with van der Waals surface area (Å²) in [5.41, 5.74) is 4.75. The molecule has 0 unspecified atom stereocenters. The van der Waals surface area contributed by atoms with Gasteiger partial charge >= 0.3 is 0 Å². The predicted octanol–water partition coefficient (Wildman–Crippen LogP) is 3.42. The Bertz CT molecular complexity index is 689. The van der Waals surface area contributed by atoms with Gasteiger partial charge in [-0.3, -0.25) is 4.79 Å². The number of carbonyl (C=O) groups excluding carboxylic acids is 1. The van der Waals surface area contributed by atoms with Crippen LogP contribution in [0.3, 0.4) is 0 Å². The van der Waals surface area contributed by atoms with E-state index in [-0.39, 0.29) is 5.91 Å². The third kappa shape index (κ3) is 2.18. The highest BCUT2D eigenvalue weighted by Crippen LogP contribution is 2.33. The van der Waals surface area contributed by atoms with E-state index in [4.69, 9.17) is 0 Å². The number of benzene rings is 2. The summed E-state index contributed by atoms with van der Waals surface area (Å²) in [6.45, 7) is 2.03. The van der Waals surface area contributed by atoms with Crippen molar-refractivity contribution >= 4 is 22.9 Å². The predicted molar refractivity (Wildman–Crippen MR) is 82.6 cm³/mol. The molecule has 0 saturated carbocycles. The number of para-hydroxylation sites is 1. The summed E-state index contributed by atoms with van der Waals surface area (Å²) in [5, 5.41) is 2.90. The van der Waals surface area contributed by atoms with E-state index >= 15 is 0 Å². The van der Waals surface area contributed by atoms with Gasteiger partial charge in [0.2, 0.25) is 0 Å². The SMILES string of the molecule is Cc1ccc2c(c1)/C(=C\N(C)c1ccccc1)C(=O)N2. The van der Waals surface area contributed by atoms with Crippen LogP contribution >= 0.6 is 0 Å². The molecule has 3 heteroatoms. The monoisotopic (exact) mass is 264 g/mol. The van der Waals surface area contributed by atoms with E-state index in [0.29, 0.717) is 5.57 Å². The topological polar surface area (TPSA) is 32.3 Å². The lowest BCUT2D eigenvalue weighted by atomic mass is 10.1. The van der Waals surface area contributed by atoms with Crippen molar-refractivity contribution in [3.8, 4) is 0 Å². The summed E-state index contributed by atoms with van der Waals surface area (Å²) in [6, 6.07) is 16.0. The fourth-order valence-electron chi connectivity index (χ4n) is 2.36. The van der Waals surface area contributed by atoms with Crippen LogP contribution in [0.5, 0.6) is 0 Å². The largest absolute Gasteiger partial charge is 0.350 e. The number of fused-ring (bicyclic) bond motifs is 1. The van der Waals surface area contributed by atoms with Crippen molar-refractivity contribution in [2.45, 2.75) is 6.92 Å². The minimum Gasteiger partial charge on any atom is -0.350 e.